The quantitative estimate of drug-likeness (QED) is 0.842. The highest BCUT2D eigenvalue weighted by Gasteiger charge is 2.27. The van der Waals surface area contributed by atoms with Crippen molar-refractivity contribution >= 4 is 12.0 Å². The summed E-state index contributed by atoms with van der Waals surface area (Å²) in [6.07, 6.45) is 4.72. The van der Waals surface area contributed by atoms with Crippen molar-refractivity contribution < 1.29 is 14.3 Å². The van der Waals surface area contributed by atoms with E-state index in [0.717, 1.165) is 5.56 Å². The number of methoxy groups -OCH3 is 1. The molecule has 6 nitrogen and oxygen atoms in total. The minimum atomic E-state index is -0.179. The van der Waals surface area contributed by atoms with Gasteiger partial charge in [-0.05, 0) is 30.5 Å². The Morgan fingerprint density at radius 3 is 2.60 bits per heavy atom. The van der Waals surface area contributed by atoms with E-state index >= 15 is 0 Å². The van der Waals surface area contributed by atoms with Gasteiger partial charge in [0.1, 0.15) is 0 Å². The SMILES string of the molecule is COC(=O)C1CCN(C(=O)NCc2ccncc2)CC1. The minimum absolute atomic E-state index is 0.0794. The van der Waals surface area contributed by atoms with Gasteiger partial charge in [0.15, 0.2) is 0 Å². The molecule has 1 fully saturated rings. The molecule has 0 spiro atoms. The lowest BCUT2D eigenvalue weighted by Crippen LogP contribution is -2.45. The lowest BCUT2D eigenvalue weighted by Gasteiger charge is -2.30. The van der Waals surface area contributed by atoms with Crippen LogP contribution in [0.15, 0.2) is 24.5 Å². The van der Waals surface area contributed by atoms with Crippen LogP contribution in [0.25, 0.3) is 0 Å². The zero-order chi connectivity index (χ0) is 14.4. The van der Waals surface area contributed by atoms with Gasteiger partial charge in [-0.15, -0.1) is 0 Å². The Balaban J connectivity index is 1.76. The average Bonchev–Trinajstić information content (AvgIpc) is 2.53. The van der Waals surface area contributed by atoms with Crippen LogP contribution < -0.4 is 5.32 Å². The molecule has 108 valence electrons. The summed E-state index contributed by atoms with van der Waals surface area (Å²) in [7, 11) is 1.40. The Bertz CT molecular complexity index is 456. The predicted molar refractivity (Wildman–Crippen MR) is 72.8 cm³/mol. The fourth-order valence-electron chi connectivity index (χ4n) is 2.28. The molecule has 0 unspecified atom stereocenters. The summed E-state index contributed by atoms with van der Waals surface area (Å²) in [5.41, 5.74) is 1.01. The van der Waals surface area contributed by atoms with Crippen LogP contribution in [0, 0.1) is 5.92 Å². The number of urea groups is 1. The second kappa shape index (κ2) is 6.88. The zero-order valence-electron chi connectivity index (χ0n) is 11.5. The summed E-state index contributed by atoms with van der Waals surface area (Å²) in [6.45, 7) is 1.65. The van der Waals surface area contributed by atoms with E-state index in [1.54, 1.807) is 17.3 Å². The van der Waals surface area contributed by atoms with Gasteiger partial charge in [-0.3, -0.25) is 9.78 Å². The molecular weight excluding hydrogens is 258 g/mol. The van der Waals surface area contributed by atoms with Crippen LogP contribution in [0.1, 0.15) is 18.4 Å². The molecule has 1 aliphatic heterocycles. The van der Waals surface area contributed by atoms with Crippen molar-refractivity contribution in [2.24, 2.45) is 5.92 Å². The second-order valence-corrected chi connectivity index (χ2v) is 4.80. The van der Waals surface area contributed by atoms with Crippen molar-refractivity contribution in [1.29, 1.82) is 0 Å². The van der Waals surface area contributed by atoms with E-state index in [1.807, 2.05) is 12.1 Å². The van der Waals surface area contributed by atoms with Crippen LogP contribution in [0.5, 0.6) is 0 Å². The molecule has 1 N–H and O–H groups in total. The molecule has 0 saturated carbocycles. The molecule has 0 atom stereocenters. The lowest BCUT2D eigenvalue weighted by atomic mass is 9.97. The number of carbonyl (C=O) groups is 2. The number of piperidine rings is 1. The van der Waals surface area contributed by atoms with Crippen molar-refractivity contribution in [3.8, 4) is 0 Å². The zero-order valence-corrected chi connectivity index (χ0v) is 11.5. The Morgan fingerprint density at radius 1 is 1.35 bits per heavy atom. The van der Waals surface area contributed by atoms with Crippen molar-refractivity contribution in [1.82, 2.24) is 15.2 Å². The molecule has 2 amide bonds. The number of rotatable bonds is 3. The first-order chi connectivity index (χ1) is 9.70. The van der Waals surface area contributed by atoms with E-state index in [0.29, 0.717) is 32.5 Å². The smallest absolute Gasteiger partial charge is 0.317 e. The fraction of sp³-hybridized carbons (Fsp3) is 0.500. The molecule has 2 heterocycles. The van der Waals surface area contributed by atoms with Crippen molar-refractivity contribution in [2.75, 3.05) is 20.2 Å². The molecule has 1 aromatic heterocycles. The third kappa shape index (κ3) is 3.69. The monoisotopic (exact) mass is 277 g/mol. The molecule has 20 heavy (non-hydrogen) atoms. The lowest BCUT2D eigenvalue weighted by molar-refractivity contribution is -0.146. The predicted octanol–water partition coefficient (Wildman–Crippen LogP) is 1.18. The van der Waals surface area contributed by atoms with Crippen LogP contribution in [0.2, 0.25) is 0 Å². The average molecular weight is 277 g/mol. The summed E-state index contributed by atoms with van der Waals surface area (Å²) in [5.74, 6) is -0.258. The summed E-state index contributed by atoms with van der Waals surface area (Å²) >= 11 is 0. The van der Waals surface area contributed by atoms with Crippen molar-refractivity contribution in [3.63, 3.8) is 0 Å². The molecule has 0 aromatic carbocycles. The maximum Gasteiger partial charge on any atom is 0.317 e. The number of nitrogens with one attached hydrogen (secondary N) is 1. The Labute approximate surface area is 118 Å². The standard InChI is InChI=1S/C14H19N3O3/c1-20-13(18)12-4-8-17(9-5-12)14(19)16-10-11-2-6-15-7-3-11/h2-3,6-7,12H,4-5,8-10H2,1H3,(H,16,19). The van der Waals surface area contributed by atoms with Crippen molar-refractivity contribution in [3.05, 3.63) is 30.1 Å². The van der Waals surface area contributed by atoms with E-state index in [1.165, 1.54) is 7.11 Å². The number of ether oxygens (including phenoxy) is 1. The molecular formula is C14H19N3O3. The minimum Gasteiger partial charge on any atom is -0.469 e. The number of aromatic nitrogens is 1. The first-order valence-corrected chi connectivity index (χ1v) is 6.70. The third-order valence-corrected chi connectivity index (χ3v) is 3.51. The maximum absolute atomic E-state index is 12.0. The molecule has 6 heteroatoms. The van der Waals surface area contributed by atoms with Gasteiger partial charge in [0, 0.05) is 32.0 Å². The first-order valence-electron chi connectivity index (χ1n) is 6.70. The van der Waals surface area contributed by atoms with Crippen LogP contribution in [-0.2, 0) is 16.1 Å². The number of hydrogen-bond acceptors (Lipinski definition) is 4. The fourth-order valence-corrected chi connectivity index (χ4v) is 2.28. The number of pyridine rings is 1. The number of carbonyl (C=O) groups excluding carboxylic acids is 2. The van der Waals surface area contributed by atoms with Crippen LogP contribution in [0.3, 0.4) is 0 Å². The number of esters is 1. The highest BCUT2D eigenvalue weighted by molar-refractivity contribution is 5.75. The highest BCUT2D eigenvalue weighted by atomic mass is 16.5. The van der Waals surface area contributed by atoms with Gasteiger partial charge in [0.05, 0.1) is 13.0 Å². The number of nitrogens with zero attached hydrogens (tertiary/aromatic N) is 2. The van der Waals surface area contributed by atoms with Crippen LogP contribution in [-0.4, -0.2) is 42.1 Å². The van der Waals surface area contributed by atoms with E-state index in [2.05, 4.69) is 10.3 Å². The van der Waals surface area contributed by atoms with Gasteiger partial charge in [-0.1, -0.05) is 0 Å². The Kier molecular flexibility index (Phi) is 4.92. The largest absolute Gasteiger partial charge is 0.469 e. The maximum atomic E-state index is 12.0. The first kappa shape index (κ1) is 14.3. The summed E-state index contributed by atoms with van der Waals surface area (Å²) in [5, 5.41) is 2.87. The molecule has 1 aliphatic rings. The van der Waals surface area contributed by atoms with Crippen LogP contribution >= 0.6 is 0 Å². The summed E-state index contributed by atoms with van der Waals surface area (Å²) < 4.78 is 4.73. The summed E-state index contributed by atoms with van der Waals surface area (Å²) in [6, 6.07) is 3.64. The Hall–Kier alpha value is -2.11. The van der Waals surface area contributed by atoms with Crippen molar-refractivity contribution in [2.45, 2.75) is 19.4 Å². The Morgan fingerprint density at radius 2 is 2.00 bits per heavy atom. The number of likely N-dealkylation sites (tertiary alicyclic amines) is 1. The van der Waals surface area contributed by atoms with E-state index in [-0.39, 0.29) is 17.9 Å². The topological polar surface area (TPSA) is 71.5 Å². The molecule has 0 aliphatic carbocycles. The van der Waals surface area contributed by atoms with E-state index in [4.69, 9.17) is 4.74 Å². The third-order valence-electron chi connectivity index (χ3n) is 3.51. The molecule has 1 saturated heterocycles. The van der Waals surface area contributed by atoms with Gasteiger partial charge < -0.3 is 15.0 Å². The van der Waals surface area contributed by atoms with E-state index in [9.17, 15) is 9.59 Å². The highest BCUT2D eigenvalue weighted by Crippen LogP contribution is 2.18. The molecule has 0 radical (unpaired) electrons. The van der Waals surface area contributed by atoms with Gasteiger partial charge in [-0.2, -0.15) is 0 Å². The van der Waals surface area contributed by atoms with Gasteiger partial charge in [0.2, 0.25) is 0 Å². The number of hydrogen-bond donors (Lipinski definition) is 1. The second-order valence-electron chi connectivity index (χ2n) is 4.80. The normalized spacial score (nSPS) is 15.8. The molecule has 2 rings (SSSR count). The molecule has 1 aromatic rings. The van der Waals surface area contributed by atoms with Gasteiger partial charge >= 0.3 is 12.0 Å². The molecule has 0 bridgehead atoms. The van der Waals surface area contributed by atoms with Gasteiger partial charge in [-0.25, -0.2) is 4.79 Å². The van der Waals surface area contributed by atoms with E-state index < -0.39 is 0 Å². The van der Waals surface area contributed by atoms with Crippen LogP contribution in [0.4, 0.5) is 4.79 Å². The van der Waals surface area contributed by atoms with Gasteiger partial charge in [0.25, 0.3) is 0 Å². The number of amides is 2. The summed E-state index contributed by atoms with van der Waals surface area (Å²) in [4.78, 5) is 29.1.